The highest BCUT2D eigenvalue weighted by molar-refractivity contribution is 5.98. The van der Waals surface area contributed by atoms with E-state index in [0.717, 1.165) is 47.6 Å². The van der Waals surface area contributed by atoms with Gasteiger partial charge in [0.1, 0.15) is 11.9 Å². The summed E-state index contributed by atoms with van der Waals surface area (Å²) in [6, 6.07) is 13.8. The van der Waals surface area contributed by atoms with Crippen molar-refractivity contribution in [3.63, 3.8) is 0 Å². The number of benzene rings is 1. The quantitative estimate of drug-likeness (QED) is 0.465. The molecule has 9 heteroatoms. The molecular weight excluding hydrogens is 552 g/mol. The van der Waals surface area contributed by atoms with Gasteiger partial charge in [0, 0.05) is 56.7 Å². The van der Waals surface area contributed by atoms with Crippen molar-refractivity contribution in [1.29, 1.82) is 0 Å². The Balaban J connectivity index is 1.30. The molecule has 6 rings (SSSR count). The SMILES string of the molecule is CNc1ncc2cc1C1Cc3cc(cnc3C1)C(=O)NC1CC(c3ccccc3)C(C)N(CCN(C)CCOC/C=C/2)C1=O. The summed E-state index contributed by atoms with van der Waals surface area (Å²) in [5.74, 6) is 0.870. The highest BCUT2D eigenvalue weighted by Gasteiger charge is 2.41. The number of carbonyl (C=O) groups excluding carboxylic acids is 2. The third kappa shape index (κ3) is 6.39. The van der Waals surface area contributed by atoms with E-state index in [1.165, 1.54) is 5.56 Å². The molecule has 7 bridgehead atoms. The number of anilines is 1. The van der Waals surface area contributed by atoms with Crippen LogP contribution < -0.4 is 10.6 Å². The summed E-state index contributed by atoms with van der Waals surface area (Å²) < 4.78 is 5.91. The highest BCUT2D eigenvalue weighted by atomic mass is 16.5. The molecule has 3 aliphatic rings. The summed E-state index contributed by atoms with van der Waals surface area (Å²) in [5.41, 5.74) is 5.90. The van der Waals surface area contributed by atoms with E-state index in [1.807, 2.05) is 55.5 Å². The van der Waals surface area contributed by atoms with Gasteiger partial charge in [0.15, 0.2) is 0 Å². The normalized spacial score (nSPS) is 25.6. The van der Waals surface area contributed by atoms with E-state index in [0.29, 0.717) is 38.3 Å². The maximum Gasteiger partial charge on any atom is 0.253 e. The molecule has 9 nitrogen and oxygen atoms in total. The highest BCUT2D eigenvalue weighted by Crippen LogP contribution is 2.37. The largest absolute Gasteiger partial charge is 0.376 e. The van der Waals surface area contributed by atoms with E-state index in [1.54, 1.807) is 6.20 Å². The summed E-state index contributed by atoms with van der Waals surface area (Å²) in [6.07, 6.45) is 9.71. The number of hydrogen-bond acceptors (Lipinski definition) is 7. The van der Waals surface area contributed by atoms with Gasteiger partial charge in [-0.05, 0) is 73.5 Å². The minimum Gasteiger partial charge on any atom is -0.376 e. The number of carbonyl (C=O) groups is 2. The lowest BCUT2D eigenvalue weighted by Crippen LogP contribution is -2.59. The number of fused-ring (bicyclic) bond motifs is 7. The van der Waals surface area contributed by atoms with Crippen molar-refractivity contribution < 1.29 is 14.3 Å². The molecule has 0 spiro atoms. The zero-order valence-corrected chi connectivity index (χ0v) is 25.8. The minimum atomic E-state index is -0.616. The Kier molecular flexibility index (Phi) is 9.04. The van der Waals surface area contributed by atoms with Crippen LogP contribution in [0.5, 0.6) is 0 Å². The molecule has 4 heterocycles. The van der Waals surface area contributed by atoms with Gasteiger partial charge in [0.05, 0.1) is 18.8 Å². The standard InChI is InChI=1S/C35H42N6O3/c1-23-29(25-9-5-4-6-10-25)20-32-35(43)41(23)12-11-40(3)13-15-44-14-7-8-24-16-30(33(36-2)38-21-24)26-17-27-18-28(34(42)39-32)22-37-31(27)19-26/h4-10,16,18,21-23,26,29,32H,11-15,17,19-20H2,1-3H3,(H,36,38)(H,39,42)/b8-7+. The van der Waals surface area contributed by atoms with Gasteiger partial charge < -0.3 is 25.2 Å². The van der Waals surface area contributed by atoms with Crippen molar-refractivity contribution in [3.8, 4) is 0 Å². The molecule has 2 amide bonds. The Morgan fingerprint density at radius 3 is 2.68 bits per heavy atom. The average Bonchev–Trinajstić information content (AvgIpc) is 3.47. The maximum atomic E-state index is 13.9. The van der Waals surface area contributed by atoms with E-state index in [2.05, 4.69) is 51.7 Å². The number of pyridine rings is 2. The van der Waals surface area contributed by atoms with Crippen LogP contribution in [0.15, 0.2) is 60.9 Å². The van der Waals surface area contributed by atoms with Crippen molar-refractivity contribution in [2.45, 2.75) is 50.1 Å². The topological polar surface area (TPSA) is 99.7 Å². The molecule has 2 aliphatic heterocycles. The Hall–Kier alpha value is -4.08. The van der Waals surface area contributed by atoms with Crippen LogP contribution in [-0.2, 0) is 22.4 Å². The van der Waals surface area contributed by atoms with Crippen molar-refractivity contribution in [2.24, 2.45) is 0 Å². The Bertz CT molecular complexity index is 1530. The zero-order valence-electron chi connectivity index (χ0n) is 25.8. The fraction of sp³-hybridized carbons (Fsp3) is 0.429. The number of aromatic nitrogens is 2. The fourth-order valence-corrected chi connectivity index (χ4v) is 6.83. The maximum absolute atomic E-state index is 13.9. The molecule has 1 fully saturated rings. The second-order valence-electron chi connectivity index (χ2n) is 12.2. The van der Waals surface area contributed by atoms with Crippen LogP contribution in [0.2, 0.25) is 0 Å². The van der Waals surface area contributed by atoms with Gasteiger partial charge in [0.2, 0.25) is 5.91 Å². The summed E-state index contributed by atoms with van der Waals surface area (Å²) in [7, 11) is 3.94. The number of hydrogen-bond donors (Lipinski definition) is 2. The van der Waals surface area contributed by atoms with Gasteiger partial charge >= 0.3 is 0 Å². The molecule has 2 N–H and O–H groups in total. The van der Waals surface area contributed by atoms with Crippen molar-refractivity contribution in [2.75, 3.05) is 52.3 Å². The smallest absolute Gasteiger partial charge is 0.253 e. The van der Waals surface area contributed by atoms with Gasteiger partial charge in [-0.25, -0.2) is 4.98 Å². The Morgan fingerprint density at radius 2 is 1.86 bits per heavy atom. The molecule has 4 unspecified atom stereocenters. The summed E-state index contributed by atoms with van der Waals surface area (Å²) in [6.45, 7) is 5.26. The van der Waals surface area contributed by atoms with Crippen LogP contribution in [0.25, 0.3) is 6.08 Å². The zero-order chi connectivity index (χ0) is 30.6. The van der Waals surface area contributed by atoms with Crippen LogP contribution >= 0.6 is 0 Å². The van der Waals surface area contributed by atoms with Crippen molar-refractivity contribution >= 4 is 23.7 Å². The van der Waals surface area contributed by atoms with Gasteiger partial charge in [0.25, 0.3) is 5.91 Å². The molecule has 1 aliphatic carbocycles. The molecule has 3 aromatic rings. The van der Waals surface area contributed by atoms with Crippen molar-refractivity contribution in [3.05, 3.63) is 94.4 Å². The Labute approximate surface area is 259 Å². The van der Waals surface area contributed by atoms with Gasteiger partial charge in [-0.2, -0.15) is 0 Å². The van der Waals surface area contributed by atoms with Gasteiger partial charge in [-0.15, -0.1) is 0 Å². The number of piperidine rings is 1. The van der Waals surface area contributed by atoms with Gasteiger partial charge in [-0.3, -0.25) is 14.6 Å². The number of nitrogens with zero attached hydrogens (tertiary/aromatic N) is 4. The number of nitrogens with one attached hydrogen (secondary N) is 2. The number of amides is 2. The molecule has 4 atom stereocenters. The molecule has 0 radical (unpaired) electrons. The molecule has 230 valence electrons. The lowest BCUT2D eigenvalue weighted by Gasteiger charge is -2.43. The molecular formula is C35H42N6O3. The van der Waals surface area contributed by atoms with Gasteiger partial charge in [-0.1, -0.05) is 42.5 Å². The number of likely N-dealkylation sites (N-methyl/N-ethyl adjacent to an activating group) is 1. The minimum absolute atomic E-state index is 0.00563. The lowest BCUT2D eigenvalue weighted by atomic mass is 9.81. The fourth-order valence-electron chi connectivity index (χ4n) is 6.83. The number of rotatable bonds is 2. The first-order valence-electron chi connectivity index (χ1n) is 15.7. The second kappa shape index (κ2) is 13.3. The summed E-state index contributed by atoms with van der Waals surface area (Å²) in [4.78, 5) is 41.1. The summed E-state index contributed by atoms with van der Waals surface area (Å²) >= 11 is 0. The molecule has 0 saturated carbocycles. The van der Waals surface area contributed by atoms with Crippen molar-refractivity contribution in [1.82, 2.24) is 25.1 Å². The molecule has 1 aromatic carbocycles. The first kappa shape index (κ1) is 30.0. The first-order valence-corrected chi connectivity index (χ1v) is 15.7. The third-order valence-electron chi connectivity index (χ3n) is 9.39. The van der Waals surface area contributed by atoms with Crippen LogP contribution in [0, 0.1) is 0 Å². The lowest BCUT2D eigenvalue weighted by molar-refractivity contribution is -0.139. The monoisotopic (exact) mass is 594 g/mol. The Morgan fingerprint density at radius 1 is 1.02 bits per heavy atom. The van der Waals surface area contributed by atoms with E-state index < -0.39 is 6.04 Å². The average molecular weight is 595 g/mol. The van der Waals surface area contributed by atoms with Crippen LogP contribution in [0.1, 0.15) is 63.5 Å². The predicted octanol–water partition coefficient (Wildman–Crippen LogP) is 3.88. The van der Waals surface area contributed by atoms with E-state index in [-0.39, 0.29) is 29.7 Å². The predicted molar refractivity (Wildman–Crippen MR) is 172 cm³/mol. The first-order chi connectivity index (χ1) is 21.4. The molecule has 1 saturated heterocycles. The second-order valence-corrected chi connectivity index (χ2v) is 12.2. The summed E-state index contributed by atoms with van der Waals surface area (Å²) in [5, 5.41) is 6.34. The van der Waals surface area contributed by atoms with Crippen LogP contribution in [0.4, 0.5) is 5.82 Å². The van der Waals surface area contributed by atoms with E-state index >= 15 is 0 Å². The molecule has 2 aromatic heterocycles. The van der Waals surface area contributed by atoms with E-state index in [4.69, 9.17) is 9.72 Å². The van der Waals surface area contributed by atoms with E-state index in [9.17, 15) is 9.59 Å². The number of ether oxygens (including phenoxy) is 1. The van der Waals surface area contributed by atoms with Crippen LogP contribution in [-0.4, -0.2) is 90.6 Å². The van der Waals surface area contributed by atoms with Crippen LogP contribution in [0.3, 0.4) is 0 Å². The third-order valence-corrected chi connectivity index (χ3v) is 9.39. The molecule has 44 heavy (non-hydrogen) atoms.